The van der Waals surface area contributed by atoms with Gasteiger partial charge in [0.25, 0.3) is 0 Å². The van der Waals surface area contributed by atoms with Crippen LogP contribution >= 0.6 is 0 Å². The van der Waals surface area contributed by atoms with Crippen LogP contribution in [0.3, 0.4) is 0 Å². The molecule has 1 N–H and O–H groups in total. The highest BCUT2D eigenvalue weighted by atomic mass is 16.1. The summed E-state index contributed by atoms with van der Waals surface area (Å²) in [4.78, 5) is 16.1. The van der Waals surface area contributed by atoms with Gasteiger partial charge in [-0.2, -0.15) is 0 Å². The zero-order chi connectivity index (χ0) is 12.8. The van der Waals surface area contributed by atoms with Crippen molar-refractivity contribution < 1.29 is 4.79 Å². The van der Waals surface area contributed by atoms with Crippen LogP contribution in [0.4, 0.5) is 0 Å². The number of hydrogen-bond acceptors (Lipinski definition) is 3. The van der Waals surface area contributed by atoms with Crippen LogP contribution in [0.2, 0.25) is 0 Å². The quantitative estimate of drug-likeness (QED) is 0.635. The lowest BCUT2D eigenvalue weighted by Gasteiger charge is -2.05. The van der Waals surface area contributed by atoms with E-state index in [0.29, 0.717) is 19.5 Å². The molecule has 0 atom stereocenters. The summed E-state index contributed by atoms with van der Waals surface area (Å²) in [6.45, 7) is 0.726. The second-order valence-electron chi connectivity index (χ2n) is 4.01. The number of benzene rings is 1. The molecule has 0 radical (unpaired) electrons. The molecule has 0 aliphatic carbocycles. The zero-order valence-electron chi connectivity index (χ0n) is 10.0. The highest BCUT2D eigenvalue weighted by Gasteiger charge is 2.06. The summed E-state index contributed by atoms with van der Waals surface area (Å²) in [5, 5.41) is 3.93. The Hall–Kier alpha value is -2.18. The number of hydrogen-bond donors (Lipinski definition) is 1. The molecule has 0 spiro atoms. The minimum atomic E-state index is 0.126. The number of nitrogens with zero attached hydrogens (tertiary/aromatic N) is 1. The minimum absolute atomic E-state index is 0.126. The molecule has 0 saturated heterocycles. The number of terminal acetylenes is 1. The van der Waals surface area contributed by atoms with E-state index in [0.717, 1.165) is 16.5 Å². The molecule has 0 saturated carbocycles. The van der Waals surface area contributed by atoms with Crippen molar-refractivity contribution in [1.29, 1.82) is 0 Å². The van der Waals surface area contributed by atoms with Crippen LogP contribution in [0.25, 0.3) is 10.9 Å². The van der Waals surface area contributed by atoms with Crippen molar-refractivity contribution in [2.45, 2.75) is 6.42 Å². The maximum absolute atomic E-state index is 11.8. The van der Waals surface area contributed by atoms with Crippen molar-refractivity contribution in [3.63, 3.8) is 0 Å². The Balaban J connectivity index is 2.12. The third-order valence-electron chi connectivity index (χ3n) is 2.68. The molecule has 0 fully saturated rings. The fourth-order valence-electron chi connectivity index (χ4n) is 1.86. The van der Waals surface area contributed by atoms with Gasteiger partial charge in [-0.25, -0.2) is 0 Å². The molecule has 90 valence electrons. The van der Waals surface area contributed by atoms with Crippen LogP contribution in [0.15, 0.2) is 36.5 Å². The molecule has 1 aromatic carbocycles. The summed E-state index contributed by atoms with van der Waals surface area (Å²) in [5.74, 6) is 2.57. The van der Waals surface area contributed by atoms with Gasteiger partial charge in [-0.05, 0) is 17.7 Å². The van der Waals surface area contributed by atoms with E-state index in [1.807, 2.05) is 30.3 Å². The Morgan fingerprint density at radius 2 is 2.17 bits per heavy atom. The van der Waals surface area contributed by atoms with E-state index >= 15 is 0 Å². The average Bonchev–Trinajstić information content (AvgIpc) is 2.39. The van der Waals surface area contributed by atoms with E-state index in [2.05, 4.69) is 16.2 Å². The van der Waals surface area contributed by atoms with E-state index in [1.54, 1.807) is 6.20 Å². The van der Waals surface area contributed by atoms with E-state index in [1.165, 1.54) is 0 Å². The minimum Gasteiger partial charge on any atom is -0.299 e. The third kappa shape index (κ3) is 2.93. The van der Waals surface area contributed by atoms with Gasteiger partial charge < -0.3 is 0 Å². The predicted octanol–water partition coefficient (Wildman–Crippen LogP) is 1.57. The fraction of sp³-hybridized carbons (Fsp3) is 0.200. The van der Waals surface area contributed by atoms with Gasteiger partial charge in [0.15, 0.2) is 5.78 Å². The molecular formula is C15H14N2O. The molecule has 2 rings (SSSR count). The van der Waals surface area contributed by atoms with Gasteiger partial charge in [0, 0.05) is 18.0 Å². The van der Waals surface area contributed by atoms with E-state index in [9.17, 15) is 4.79 Å². The molecular weight excluding hydrogens is 224 g/mol. The molecule has 1 aromatic heterocycles. The molecule has 2 aromatic rings. The Morgan fingerprint density at radius 3 is 3.00 bits per heavy atom. The van der Waals surface area contributed by atoms with Crippen molar-refractivity contribution in [3.8, 4) is 12.3 Å². The lowest BCUT2D eigenvalue weighted by Crippen LogP contribution is -2.24. The van der Waals surface area contributed by atoms with Crippen molar-refractivity contribution in [2.24, 2.45) is 0 Å². The SMILES string of the molecule is C#CCNCC(=O)Cc1ccnc2ccccc12. The molecule has 0 unspecified atom stereocenters. The second-order valence-corrected chi connectivity index (χ2v) is 4.01. The standard InChI is InChI=1S/C15H14N2O/c1-2-8-16-11-13(18)10-12-7-9-17-15-6-4-3-5-14(12)15/h1,3-7,9,16H,8,10-11H2. The first-order valence-electron chi connectivity index (χ1n) is 5.80. The maximum atomic E-state index is 11.8. The van der Waals surface area contributed by atoms with E-state index in [-0.39, 0.29) is 5.78 Å². The summed E-state index contributed by atoms with van der Waals surface area (Å²) in [7, 11) is 0. The van der Waals surface area contributed by atoms with Crippen molar-refractivity contribution >= 4 is 16.7 Å². The van der Waals surface area contributed by atoms with Gasteiger partial charge in [-0.3, -0.25) is 15.1 Å². The molecule has 0 amide bonds. The van der Waals surface area contributed by atoms with Crippen molar-refractivity contribution in [3.05, 3.63) is 42.1 Å². The van der Waals surface area contributed by atoms with Gasteiger partial charge in [-0.1, -0.05) is 24.1 Å². The molecule has 0 aliphatic heterocycles. The lowest BCUT2D eigenvalue weighted by atomic mass is 10.0. The highest BCUT2D eigenvalue weighted by Crippen LogP contribution is 2.16. The van der Waals surface area contributed by atoms with E-state index in [4.69, 9.17) is 6.42 Å². The second kappa shape index (κ2) is 5.95. The number of aromatic nitrogens is 1. The van der Waals surface area contributed by atoms with Gasteiger partial charge in [0.1, 0.15) is 0 Å². The number of nitrogens with one attached hydrogen (secondary N) is 1. The Kier molecular flexibility index (Phi) is 4.06. The largest absolute Gasteiger partial charge is 0.299 e. The summed E-state index contributed by atoms with van der Waals surface area (Å²) >= 11 is 0. The number of Topliss-reactive ketones (excluding diaryl/α,β-unsaturated/α-hetero) is 1. The van der Waals surface area contributed by atoms with Crippen LogP contribution in [0.1, 0.15) is 5.56 Å². The molecule has 0 bridgehead atoms. The summed E-state index contributed by atoms with van der Waals surface area (Å²) < 4.78 is 0. The van der Waals surface area contributed by atoms with Gasteiger partial charge in [0.05, 0.1) is 18.6 Å². The molecule has 18 heavy (non-hydrogen) atoms. The first-order valence-corrected chi connectivity index (χ1v) is 5.80. The number of ketones is 1. The zero-order valence-corrected chi connectivity index (χ0v) is 10.0. The predicted molar refractivity (Wildman–Crippen MR) is 72.2 cm³/mol. The van der Waals surface area contributed by atoms with Crippen molar-refractivity contribution in [1.82, 2.24) is 10.3 Å². The monoisotopic (exact) mass is 238 g/mol. The topological polar surface area (TPSA) is 42.0 Å². The number of rotatable bonds is 5. The number of carbonyl (C=O) groups is 1. The number of para-hydroxylation sites is 1. The highest BCUT2D eigenvalue weighted by molar-refractivity contribution is 5.89. The third-order valence-corrected chi connectivity index (χ3v) is 2.68. The van der Waals surface area contributed by atoms with E-state index < -0.39 is 0 Å². The average molecular weight is 238 g/mol. The van der Waals surface area contributed by atoms with Crippen LogP contribution in [-0.4, -0.2) is 23.9 Å². The van der Waals surface area contributed by atoms with Gasteiger partial charge in [0.2, 0.25) is 0 Å². The summed E-state index contributed by atoms with van der Waals surface area (Å²) in [5.41, 5.74) is 1.92. The fourth-order valence-corrected chi connectivity index (χ4v) is 1.86. The number of carbonyl (C=O) groups excluding carboxylic acids is 1. The number of pyridine rings is 1. The number of fused-ring (bicyclic) bond motifs is 1. The Labute approximate surface area is 106 Å². The molecule has 1 heterocycles. The lowest BCUT2D eigenvalue weighted by molar-refractivity contribution is -0.117. The Bertz CT molecular complexity index is 593. The van der Waals surface area contributed by atoms with Crippen LogP contribution in [-0.2, 0) is 11.2 Å². The molecule has 0 aliphatic rings. The molecule has 3 heteroatoms. The Morgan fingerprint density at radius 1 is 1.33 bits per heavy atom. The van der Waals surface area contributed by atoms with Crippen LogP contribution in [0.5, 0.6) is 0 Å². The van der Waals surface area contributed by atoms with Crippen LogP contribution < -0.4 is 5.32 Å². The summed E-state index contributed by atoms with van der Waals surface area (Å²) in [6.07, 6.45) is 7.25. The van der Waals surface area contributed by atoms with Crippen LogP contribution in [0, 0.1) is 12.3 Å². The van der Waals surface area contributed by atoms with Gasteiger partial charge in [-0.15, -0.1) is 6.42 Å². The van der Waals surface area contributed by atoms with Crippen molar-refractivity contribution in [2.75, 3.05) is 13.1 Å². The smallest absolute Gasteiger partial charge is 0.151 e. The normalized spacial score (nSPS) is 10.2. The van der Waals surface area contributed by atoms with Gasteiger partial charge >= 0.3 is 0 Å². The first kappa shape index (κ1) is 12.3. The summed E-state index contributed by atoms with van der Waals surface area (Å²) in [6, 6.07) is 9.71. The first-order chi connectivity index (χ1) is 8.81. The maximum Gasteiger partial charge on any atom is 0.151 e. The molecule has 3 nitrogen and oxygen atoms in total.